The van der Waals surface area contributed by atoms with E-state index in [0.29, 0.717) is 5.56 Å². The van der Waals surface area contributed by atoms with Crippen LogP contribution in [-0.2, 0) is 27.7 Å². The van der Waals surface area contributed by atoms with E-state index in [-0.39, 0.29) is 11.4 Å². The molecule has 0 amide bonds. The smallest absolute Gasteiger partial charge is 0.312 e. The van der Waals surface area contributed by atoms with Gasteiger partial charge in [0.1, 0.15) is 0 Å². The van der Waals surface area contributed by atoms with Gasteiger partial charge in [0.05, 0.1) is 10.8 Å². The summed E-state index contributed by atoms with van der Waals surface area (Å²) in [4.78, 5) is 11.7. The van der Waals surface area contributed by atoms with Gasteiger partial charge in [0.15, 0.2) is 0 Å². The quantitative estimate of drug-likeness (QED) is 0.842. The molecule has 0 saturated heterocycles. The average molecular weight is 345 g/mol. The van der Waals surface area contributed by atoms with Crippen LogP contribution in [0.3, 0.4) is 0 Å². The second-order valence-corrected chi connectivity index (χ2v) is 7.70. The van der Waals surface area contributed by atoms with Crippen molar-refractivity contribution >= 4 is 16.0 Å². The van der Waals surface area contributed by atoms with Crippen LogP contribution < -0.4 is 4.72 Å². The summed E-state index contributed by atoms with van der Waals surface area (Å²) in [5, 5.41) is 9.39. The maximum Gasteiger partial charge on any atom is 0.312 e. The van der Waals surface area contributed by atoms with Crippen molar-refractivity contribution < 1.29 is 18.3 Å². The van der Waals surface area contributed by atoms with Gasteiger partial charge in [-0.15, -0.1) is 0 Å². The van der Waals surface area contributed by atoms with Crippen molar-refractivity contribution in [2.24, 2.45) is 0 Å². The summed E-state index contributed by atoms with van der Waals surface area (Å²) in [7, 11) is -3.73. The second-order valence-electron chi connectivity index (χ2n) is 5.94. The Morgan fingerprint density at radius 2 is 1.79 bits per heavy atom. The maximum absolute atomic E-state index is 12.5. The van der Waals surface area contributed by atoms with Crippen molar-refractivity contribution in [2.75, 3.05) is 6.54 Å². The summed E-state index contributed by atoms with van der Waals surface area (Å²) in [6.45, 7) is -0.182. The lowest BCUT2D eigenvalue weighted by Gasteiger charge is -2.14. The third-order valence-electron chi connectivity index (χ3n) is 4.36. The predicted octanol–water partition coefficient (Wildman–Crippen LogP) is 2.32. The van der Waals surface area contributed by atoms with Crippen LogP contribution in [0, 0.1) is 0 Å². The summed E-state index contributed by atoms with van der Waals surface area (Å²) in [6.07, 6.45) is 2.92. The number of fused-ring (bicyclic) bond motifs is 1. The number of hydrogen-bond acceptors (Lipinski definition) is 3. The van der Waals surface area contributed by atoms with Gasteiger partial charge in [-0.3, -0.25) is 4.79 Å². The minimum atomic E-state index is -3.73. The van der Waals surface area contributed by atoms with E-state index < -0.39 is 21.9 Å². The molecule has 0 fully saturated rings. The summed E-state index contributed by atoms with van der Waals surface area (Å²) < 4.78 is 27.4. The summed E-state index contributed by atoms with van der Waals surface area (Å²) >= 11 is 0. The summed E-state index contributed by atoms with van der Waals surface area (Å²) in [6, 6.07) is 13.8. The highest BCUT2D eigenvalue weighted by atomic mass is 32.2. The highest BCUT2D eigenvalue weighted by molar-refractivity contribution is 7.89. The first kappa shape index (κ1) is 16.7. The minimum Gasteiger partial charge on any atom is -0.481 e. The monoisotopic (exact) mass is 345 g/mol. The predicted molar refractivity (Wildman–Crippen MR) is 90.5 cm³/mol. The molecule has 0 spiro atoms. The van der Waals surface area contributed by atoms with Crippen LogP contribution >= 0.6 is 0 Å². The third kappa shape index (κ3) is 3.49. The Kier molecular flexibility index (Phi) is 4.69. The van der Waals surface area contributed by atoms with Gasteiger partial charge in [0.25, 0.3) is 0 Å². The van der Waals surface area contributed by atoms with E-state index in [1.54, 1.807) is 42.5 Å². The van der Waals surface area contributed by atoms with E-state index in [0.717, 1.165) is 24.8 Å². The van der Waals surface area contributed by atoms with Crippen LogP contribution in [0.1, 0.15) is 29.0 Å². The topological polar surface area (TPSA) is 83.5 Å². The van der Waals surface area contributed by atoms with Crippen LogP contribution in [0.15, 0.2) is 53.4 Å². The largest absolute Gasteiger partial charge is 0.481 e. The maximum atomic E-state index is 12.5. The summed E-state index contributed by atoms with van der Waals surface area (Å²) in [5.41, 5.74) is 2.83. The molecule has 1 aliphatic carbocycles. The molecule has 6 heteroatoms. The van der Waals surface area contributed by atoms with E-state index >= 15 is 0 Å². The van der Waals surface area contributed by atoms with Crippen molar-refractivity contribution in [3.63, 3.8) is 0 Å². The normalized spacial score (nSPS) is 15.0. The summed E-state index contributed by atoms with van der Waals surface area (Å²) in [5.74, 6) is -1.98. The number of aryl methyl sites for hydroxylation is 2. The van der Waals surface area contributed by atoms with Gasteiger partial charge in [-0.25, -0.2) is 13.1 Å². The van der Waals surface area contributed by atoms with Gasteiger partial charge in [-0.05, 0) is 48.1 Å². The number of nitrogens with one attached hydrogen (secondary N) is 1. The lowest BCUT2D eigenvalue weighted by Crippen LogP contribution is -2.31. The molecule has 1 aliphatic rings. The highest BCUT2D eigenvalue weighted by Crippen LogP contribution is 2.25. The highest BCUT2D eigenvalue weighted by Gasteiger charge is 2.24. The SMILES string of the molecule is O=C(O)C(CNS(=O)(=O)c1ccc2c(c1)CCC2)c1ccccc1. The third-order valence-corrected chi connectivity index (χ3v) is 5.78. The number of sulfonamides is 1. The number of aliphatic carboxylic acids is 1. The van der Waals surface area contributed by atoms with Gasteiger partial charge >= 0.3 is 5.97 Å². The molecule has 0 radical (unpaired) electrons. The van der Waals surface area contributed by atoms with Gasteiger partial charge in [0.2, 0.25) is 10.0 Å². The lowest BCUT2D eigenvalue weighted by molar-refractivity contribution is -0.138. The molecule has 2 aromatic rings. The van der Waals surface area contributed by atoms with Crippen LogP contribution in [-0.4, -0.2) is 26.0 Å². The molecular weight excluding hydrogens is 326 g/mol. The van der Waals surface area contributed by atoms with Crippen molar-refractivity contribution in [2.45, 2.75) is 30.1 Å². The number of carboxylic acids is 1. The van der Waals surface area contributed by atoms with Gasteiger partial charge in [-0.1, -0.05) is 36.4 Å². The Balaban J connectivity index is 1.78. The Hall–Kier alpha value is -2.18. The molecule has 0 saturated carbocycles. The van der Waals surface area contributed by atoms with Crippen molar-refractivity contribution in [1.29, 1.82) is 0 Å². The van der Waals surface area contributed by atoms with Crippen molar-refractivity contribution in [3.05, 3.63) is 65.2 Å². The van der Waals surface area contributed by atoms with Crippen LogP contribution in [0.5, 0.6) is 0 Å². The molecule has 5 nitrogen and oxygen atoms in total. The number of hydrogen-bond donors (Lipinski definition) is 2. The molecule has 0 bridgehead atoms. The van der Waals surface area contributed by atoms with Gasteiger partial charge < -0.3 is 5.11 Å². The standard InChI is InChI=1S/C18H19NO4S/c20-18(21)17(14-5-2-1-3-6-14)12-19-24(22,23)16-10-9-13-7-4-8-15(13)11-16/h1-3,5-6,9-11,17,19H,4,7-8,12H2,(H,20,21). The van der Waals surface area contributed by atoms with E-state index in [9.17, 15) is 18.3 Å². The number of carbonyl (C=O) groups is 1. The first-order chi connectivity index (χ1) is 11.5. The first-order valence-corrected chi connectivity index (χ1v) is 9.35. The molecule has 1 atom stereocenters. The zero-order valence-electron chi connectivity index (χ0n) is 13.1. The number of benzene rings is 2. The molecule has 24 heavy (non-hydrogen) atoms. The zero-order chi connectivity index (χ0) is 17.2. The van der Waals surface area contributed by atoms with Gasteiger partial charge in [0, 0.05) is 6.54 Å². The fraction of sp³-hybridized carbons (Fsp3) is 0.278. The van der Waals surface area contributed by atoms with Gasteiger partial charge in [-0.2, -0.15) is 0 Å². The number of rotatable bonds is 6. The molecule has 3 rings (SSSR count). The van der Waals surface area contributed by atoms with Crippen molar-refractivity contribution in [1.82, 2.24) is 4.72 Å². The zero-order valence-corrected chi connectivity index (χ0v) is 13.9. The second kappa shape index (κ2) is 6.75. The van der Waals surface area contributed by atoms with Crippen LogP contribution in [0.25, 0.3) is 0 Å². The molecular formula is C18H19NO4S. The van der Waals surface area contributed by atoms with E-state index in [2.05, 4.69) is 4.72 Å². The van der Waals surface area contributed by atoms with E-state index in [1.165, 1.54) is 5.56 Å². The molecule has 0 aliphatic heterocycles. The molecule has 1 unspecified atom stereocenters. The lowest BCUT2D eigenvalue weighted by atomic mass is 10.00. The molecule has 126 valence electrons. The van der Waals surface area contributed by atoms with E-state index in [4.69, 9.17) is 0 Å². The number of carboxylic acid groups (broad SMARTS) is 1. The Bertz CT molecular complexity index is 847. The Morgan fingerprint density at radius 1 is 1.08 bits per heavy atom. The van der Waals surface area contributed by atoms with E-state index in [1.807, 2.05) is 6.07 Å². The molecule has 2 N–H and O–H groups in total. The average Bonchev–Trinajstić information content (AvgIpc) is 3.03. The minimum absolute atomic E-state index is 0.182. The van der Waals surface area contributed by atoms with Crippen LogP contribution in [0.4, 0.5) is 0 Å². The van der Waals surface area contributed by atoms with Crippen molar-refractivity contribution in [3.8, 4) is 0 Å². The molecule has 0 aromatic heterocycles. The Labute approximate surface area is 141 Å². The fourth-order valence-corrected chi connectivity index (χ4v) is 4.12. The molecule has 2 aromatic carbocycles. The Morgan fingerprint density at radius 3 is 2.50 bits per heavy atom. The first-order valence-electron chi connectivity index (χ1n) is 7.86. The molecule has 0 heterocycles. The fourth-order valence-electron chi connectivity index (χ4n) is 3.02. The van der Waals surface area contributed by atoms with Crippen LogP contribution in [0.2, 0.25) is 0 Å².